The van der Waals surface area contributed by atoms with Gasteiger partial charge in [-0.3, -0.25) is 0 Å². The van der Waals surface area contributed by atoms with Gasteiger partial charge in [-0.05, 0) is 88.9 Å². The van der Waals surface area contributed by atoms with Gasteiger partial charge >= 0.3 is 36.3 Å². The first-order valence-corrected chi connectivity index (χ1v) is 47.1. The fraction of sp³-hybridized carbons (Fsp3) is 0.894. The van der Waals surface area contributed by atoms with Crippen molar-refractivity contribution in [1.29, 1.82) is 0 Å². The standard InChI is InChI=1S/C94H176N4O12/c1-9-13-17-21-25-37-49-62-83(66-53-41-29-33-45-57-74-107-91(101)95-72-78-105-89(99)81(5)6)85(64-51-39-27-23-19-15-11-3)68-55-43-31-35-47-59-76-109-93(103)97-87-70-61-71-88(80-87)98-94(104)110-77-60-48-36-32-44-56-69-86(65-52-40-28-24-20-16-12-4)84(63-50-38-26-22-18-14-10-2)67-54-42-30-34-46-58-75-108-92(102)96-73-79-106-90(100)82(7)8/h83-88H,5,7,9-80H2,1-4,6,8H3,(H,95,101)(H,96,102)(H,97,103)(H,98,104). The van der Waals surface area contributed by atoms with E-state index in [-0.39, 0.29) is 50.6 Å². The highest BCUT2D eigenvalue weighted by atomic mass is 16.6. The van der Waals surface area contributed by atoms with E-state index in [2.05, 4.69) is 62.1 Å². The van der Waals surface area contributed by atoms with Gasteiger partial charge in [0.2, 0.25) is 0 Å². The van der Waals surface area contributed by atoms with Crippen LogP contribution in [0.3, 0.4) is 0 Å². The first-order chi connectivity index (χ1) is 53.7. The molecule has 1 aliphatic carbocycles. The molecule has 0 aromatic heterocycles. The third-order valence-electron chi connectivity index (χ3n) is 23.1. The molecule has 0 saturated heterocycles. The summed E-state index contributed by atoms with van der Waals surface area (Å²) in [5.74, 6) is 2.37. The molecule has 0 aromatic rings. The van der Waals surface area contributed by atoms with Gasteiger partial charge in [0.25, 0.3) is 0 Å². The Kier molecular flexibility index (Phi) is 73.8. The lowest BCUT2D eigenvalue weighted by molar-refractivity contribution is -0.139. The predicted molar refractivity (Wildman–Crippen MR) is 459 cm³/mol. The van der Waals surface area contributed by atoms with Gasteiger partial charge in [0.15, 0.2) is 0 Å². The Hall–Kier alpha value is -4.50. The van der Waals surface area contributed by atoms with Crippen molar-refractivity contribution < 1.29 is 57.2 Å². The van der Waals surface area contributed by atoms with Gasteiger partial charge in [-0.1, -0.05) is 400 Å². The molecule has 644 valence electrons. The van der Waals surface area contributed by atoms with Crippen molar-refractivity contribution in [2.75, 3.05) is 52.7 Å². The van der Waals surface area contributed by atoms with Gasteiger partial charge in [0.1, 0.15) is 13.2 Å². The van der Waals surface area contributed by atoms with Crippen LogP contribution in [0, 0.1) is 23.7 Å². The average molecular weight is 1550 g/mol. The van der Waals surface area contributed by atoms with Crippen LogP contribution in [0.5, 0.6) is 0 Å². The zero-order chi connectivity index (χ0) is 80.1. The van der Waals surface area contributed by atoms with Crippen molar-refractivity contribution in [3.8, 4) is 0 Å². The maximum absolute atomic E-state index is 13.0. The monoisotopic (exact) mass is 1550 g/mol. The molecule has 1 rings (SSSR count). The maximum Gasteiger partial charge on any atom is 0.407 e. The topological polar surface area (TPSA) is 206 Å². The number of alkyl carbamates (subject to hydrolysis) is 4. The molecule has 16 heteroatoms. The molecule has 0 aromatic carbocycles. The molecule has 6 unspecified atom stereocenters. The normalized spacial score (nSPS) is 14.6. The molecule has 1 aliphatic rings. The van der Waals surface area contributed by atoms with Crippen molar-refractivity contribution in [2.45, 2.75) is 465 Å². The summed E-state index contributed by atoms with van der Waals surface area (Å²) in [6, 6.07) is -0.0389. The minimum absolute atomic E-state index is 0.0194. The largest absolute Gasteiger partial charge is 0.460 e. The van der Waals surface area contributed by atoms with E-state index in [0.29, 0.717) is 44.0 Å². The Morgan fingerprint density at radius 2 is 0.473 bits per heavy atom. The highest BCUT2D eigenvalue weighted by molar-refractivity contribution is 5.87. The lowest BCUT2D eigenvalue weighted by Crippen LogP contribution is -2.46. The first kappa shape index (κ1) is 104. The van der Waals surface area contributed by atoms with Crippen molar-refractivity contribution in [3.63, 3.8) is 0 Å². The first-order valence-electron chi connectivity index (χ1n) is 47.1. The quantitative estimate of drug-likeness (QED) is 0.0194. The van der Waals surface area contributed by atoms with Crippen LogP contribution in [0.4, 0.5) is 19.2 Å². The molecule has 110 heavy (non-hydrogen) atoms. The van der Waals surface area contributed by atoms with Gasteiger partial charge in [0.05, 0.1) is 39.5 Å². The predicted octanol–water partition coefficient (Wildman–Crippen LogP) is 27.4. The van der Waals surface area contributed by atoms with Gasteiger partial charge in [-0.2, -0.15) is 0 Å². The summed E-state index contributed by atoms with van der Waals surface area (Å²) < 4.78 is 32.2. The number of carbonyl (C=O) groups is 6. The number of rotatable bonds is 80. The van der Waals surface area contributed by atoms with E-state index in [0.717, 1.165) is 107 Å². The number of ether oxygens (including phenoxy) is 6. The highest BCUT2D eigenvalue weighted by Gasteiger charge is 2.27. The average Bonchev–Trinajstić information content (AvgIpc) is 0.878. The SMILES string of the molecule is C=C(C)C(=O)OCCNC(=O)OCCCCCCCCC(CCCCCCCCC)C(CCCCCCCCC)CCCCCCCCOC(=O)NC1CCCC(NC(=O)OCCCCCCCCC(CCCCCCCCC)C(CCCCCCCCC)CCCCCCCCOC(=O)NCCOC(=O)C(=C)C)C1. The van der Waals surface area contributed by atoms with Crippen LogP contribution >= 0.6 is 0 Å². The van der Waals surface area contributed by atoms with E-state index in [4.69, 9.17) is 28.4 Å². The third-order valence-corrected chi connectivity index (χ3v) is 23.1. The molecule has 0 aliphatic heterocycles. The van der Waals surface area contributed by atoms with Crippen LogP contribution in [-0.4, -0.2) is 101 Å². The second kappa shape index (κ2) is 78.4. The van der Waals surface area contributed by atoms with Crippen LogP contribution < -0.4 is 21.3 Å². The second-order valence-corrected chi connectivity index (χ2v) is 33.4. The van der Waals surface area contributed by atoms with E-state index in [1.807, 2.05) is 0 Å². The highest BCUT2D eigenvalue weighted by Crippen LogP contribution is 2.36. The number of hydrogen-bond acceptors (Lipinski definition) is 12. The molecular formula is C94H176N4O12. The molecule has 0 bridgehead atoms. The van der Waals surface area contributed by atoms with Crippen molar-refractivity contribution in [2.24, 2.45) is 23.7 Å². The number of nitrogens with one attached hydrogen (secondary N) is 4. The Bertz CT molecular complexity index is 2030. The Balaban J connectivity index is 2.55. The number of hydrogen-bond donors (Lipinski definition) is 4. The Labute approximate surface area is 676 Å². The van der Waals surface area contributed by atoms with Crippen LogP contribution in [0.1, 0.15) is 452 Å². The zero-order valence-corrected chi connectivity index (χ0v) is 72.7. The minimum Gasteiger partial charge on any atom is -0.460 e. The summed E-state index contributed by atoms with van der Waals surface area (Å²) in [4.78, 5) is 73.2. The molecule has 6 atom stereocenters. The van der Waals surface area contributed by atoms with E-state index in [1.54, 1.807) is 13.8 Å². The van der Waals surface area contributed by atoms with E-state index in [9.17, 15) is 28.8 Å². The number of unbranched alkanes of at least 4 members (excludes halogenated alkanes) is 44. The van der Waals surface area contributed by atoms with Gasteiger partial charge in [0, 0.05) is 23.2 Å². The lowest BCUT2D eigenvalue weighted by atomic mass is 9.78. The number of amides is 4. The Morgan fingerprint density at radius 3 is 0.691 bits per heavy atom. The molecule has 1 saturated carbocycles. The lowest BCUT2D eigenvalue weighted by Gasteiger charge is -2.29. The maximum atomic E-state index is 13.0. The van der Waals surface area contributed by atoms with Crippen molar-refractivity contribution in [3.05, 3.63) is 24.3 Å². The minimum atomic E-state index is -0.469. The fourth-order valence-corrected chi connectivity index (χ4v) is 16.3. The molecule has 0 spiro atoms. The summed E-state index contributed by atoms with van der Waals surface area (Å²) in [6.45, 7) is 21.9. The second-order valence-electron chi connectivity index (χ2n) is 33.4. The Morgan fingerprint density at radius 1 is 0.273 bits per heavy atom. The summed E-state index contributed by atoms with van der Waals surface area (Å²) in [5.41, 5.74) is 0.675. The van der Waals surface area contributed by atoms with E-state index in [1.165, 1.54) is 321 Å². The number of carbonyl (C=O) groups excluding carboxylic acids is 6. The van der Waals surface area contributed by atoms with Crippen LogP contribution in [-0.2, 0) is 38.0 Å². The molecule has 4 N–H and O–H groups in total. The van der Waals surface area contributed by atoms with E-state index >= 15 is 0 Å². The molecule has 4 amide bonds. The van der Waals surface area contributed by atoms with Gasteiger partial charge in [-0.15, -0.1) is 0 Å². The van der Waals surface area contributed by atoms with Gasteiger partial charge in [-0.25, -0.2) is 28.8 Å². The summed E-state index contributed by atoms with van der Waals surface area (Å²) in [7, 11) is 0. The van der Waals surface area contributed by atoms with Crippen molar-refractivity contribution in [1.82, 2.24) is 21.3 Å². The summed E-state index contributed by atoms with van der Waals surface area (Å²) >= 11 is 0. The number of esters is 2. The van der Waals surface area contributed by atoms with Crippen LogP contribution in [0.2, 0.25) is 0 Å². The van der Waals surface area contributed by atoms with E-state index < -0.39 is 24.1 Å². The molecule has 0 radical (unpaired) electrons. The third kappa shape index (κ3) is 66.9. The fourth-order valence-electron chi connectivity index (χ4n) is 16.3. The van der Waals surface area contributed by atoms with Crippen molar-refractivity contribution >= 4 is 36.3 Å². The molecule has 16 nitrogen and oxygen atoms in total. The summed E-state index contributed by atoms with van der Waals surface area (Å²) in [5, 5.41) is 11.5. The molecule has 1 fully saturated rings. The molecular weight excluding hydrogens is 1380 g/mol. The van der Waals surface area contributed by atoms with Crippen LogP contribution in [0.25, 0.3) is 0 Å². The smallest absolute Gasteiger partial charge is 0.407 e. The zero-order valence-electron chi connectivity index (χ0n) is 72.7. The molecule has 0 heterocycles. The van der Waals surface area contributed by atoms with Crippen LogP contribution in [0.15, 0.2) is 24.3 Å². The van der Waals surface area contributed by atoms with Gasteiger partial charge < -0.3 is 49.7 Å². The summed E-state index contributed by atoms with van der Waals surface area (Å²) in [6.07, 6.45) is 78.6.